The highest BCUT2D eigenvalue weighted by Crippen LogP contribution is 2.66. The summed E-state index contributed by atoms with van der Waals surface area (Å²) in [5.74, 6) is 2.90. The van der Waals surface area contributed by atoms with E-state index in [1.54, 1.807) is 5.57 Å². The van der Waals surface area contributed by atoms with Gasteiger partial charge < -0.3 is 0 Å². The minimum atomic E-state index is -2.13. The van der Waals surface area contributed by atoms with Crippen molar-refractivity contribution in [1.82, 2.24) is 0 Å². The Morgan fingerprint density at radius 3 is 2.75 bits per heavy atom. The molecule has 2 saturated carbocycles. The third-order valence-electron chi connectivity index (χ3n) is 8.58. The highest BCUT2D eigenvalue weighted by Gasteiger charge is 2.57. The fourth-order valence-corrected chi connectivity index (χ4v) is 7.21. The molecule has 0 aliphatic heterocycles. The van der Waals surface area contributed by atoms with E-state index in [1.165, 1.54) is 44.9 Å². The predicted molar refractivity (Wildman–Crippen MR) is 95.0 cm³/mol. The van der Waals surface area contributed by atoms with E-state index in [9.17, 15) is 8.78 Å². The Balaban J connectivity index is 1.57. The molecule has 2 heteroatoms. The molecule has 0 amide bonds. The minimum absolute atomic E-state index is 0.105. The molecule has 0 aromatic heterocycles. The molecule has 0 unspecified atom stereocenters. The van der Waals surface area contributed by atoms with E-state index < -0.39 is 6.43 Å². The Bertz CT molecular complexity index is 548. The molecule has 0 spiro atoms. The van der Waals surface area contributed by atoms with E-state index in [-0.39, 0.29) is 6.42 Å². The second-order valence-electron chi connectivity index (χ2n) is 9.42. The number of rotatable bonds is 3. The van der Waals surface area contributed by atoms with E-state index in [0.717, 1.165) is 24.2 Å². The first-order valence-electron chi connectivity index (χ1n) is 10.1. The van der Waals surface area contributed by atoms with Crippen LogP contribution in [-0.2, 0) is 0 Å². The van der Waals surface area contributed by atoms with Crippen LogP contribution in [0.3, 0.4) is 0 Å². The molecule has 0 saturated heterocycles. The fourth-order valence-electron chi connectivity index (χ4n) is 7.21. The summed E-state index contributed by atoms with van der Waals surface area (Å²) in [5, 5.41) is 0. The standard InChI is InChI=1S/C22H32F2/c1-21-13-4-3-5-15(21)6-9-17-18-10-7-16(8-11-20(23)24)22(18,2)14-12-19(17)21/h3,5-6,16-20H,4,7-14H2,1-2H3/t16-,17+,18+,19+,21+,22-/m1/s1. The summed E-state index contributed by atoms with van der Waals surface area (Å²) in [7, 11) is 0. The Hall–Kier alpha value is -0.660. The first kappa shape index (κ1) is 16.8. The highest BCUT2D eigenvalue weighted by atomic mass is 19.3. The largest absolute Gasteiger partial charge is 0.238 e. The van der Waals surface area contributed by atoms with Gasteiger partial charge in [0, 0.05) is 6.42 Å². The van der Waals surface area contributed by atoms with Gasteiger partial charge in [-0.1, -0.05) is 32.1 Å². The third-order valence-corrected chi connectivity index (χ3v) is 8.58. The lowest BCUT2D eigenvalue weighted by atomic mass is 9.48. The van der Waals surface area contributed by atoms with Crippen molar-refractivity contribution in [3.63, 3.8) is 0 Å². The molecule has 6 atom stereocenters. The van der Waals surface area contributed by atoms with Crippen LogP contribution < -0.4 is 0 Å². The minimum Gasteiger partial charge on any atom is -0.211 e. The van der Waals surface area contributed by atoms with Crippen LogP contribution in [-0.4, -0.2) is 6.43 Å². The molecule has 0 aromatic carbocycles. The van der Waals surface area contributed by atoms with Crippen molar-refractivity contribution < 1.29 is 8.78 Å². The molecule has 0 aromatic rings. The maximum Gasteiger partial charge on any atom is 0.238 e. The van der Waals surface area contributed by atoms with Gasteiger partial charge in [-0.3, -0.25) is 0 Å². The summed E-state index contributed by atoms with van der Waals surface area (Å²) in [6.07, 6.45) is 14.7. The maximum absolute atomic E-state index is 12.7. The monoisotopic (exact) mass is 334 g/mol. The molecule has 4 rings (SSSR count). The molecule has 4 aliphatic carbocycles. The molecule has 0 bridgehead atoms. The number of fused-ring (bicyclic) bond motifs is 5. The Morgan fingerprint density at radius 1 is 1.12 bits per heavy atom. The number of allylic oxidation sites excluding steroid dienone is 4. The van der Waals surface area contributed by atoms with E-state index in [0.29, 0.717) is 16.7 Å². The summed E-state index contributed by atoms with van der Waals surface area (Å²) >= 11 is 0. The van der Waals surface area contributed by atoms with Crippen molar-refractivity contribution in [3.05, 3.63) is 23.8 Å². The van der Waals surface area contributed by atoms with Gasteiger partial charge >= 0.3 is 0 Å². The third kappa shape index (κ3) is 2.42. The molecule has 24 heavy (non-hydrogen) atoms. The van der Waals surface area contributed by atoms with Crippen LogP contribution in [0.4, 0.5) is 8.78 Å². The maximum atomic E-state index is 12.7. The second kappa shape index (κ2) is 5.95. The van der Waals surface area contributed by atoms with Crippen LogP contribution >= 0.6 is 0 Å². The van der Waals surface area contributed by atoms with Crippen molar-refractivity contribution in [1.29, 1.82) is 0 Å². The van der Waals surface area contributed by atoms with Gasteiger partial charge in [0.2, 0.25) is 6.43 Å². The molecular weight excluding hydrogens is 302 g/mol. The molecule has 0 N–H and O–H groups in total. The zero-order valence-corrected chi connectivity index (χ0v) is 15.2. The predicted octanol–water partition coefficient (Wildman–Crippen LogP) is 6.78. The van der Waals surface area contributed by atoms with Gasteiger partial charge in [-0.15, -0.1) is 0 Å². The van der Waals surface area contributed by atoms with Crippen molar-refractivity contribution in [2.24, 2.45) is 34.5 Å². The molecule has 4 aliphatic rings. The molecule has 0 nitrogen and oxygen atoms in total. The second-order valence-corrected chi connectivity index (χ2v) is 9.42. The first-order chi connectivity index (χ1) is 11.4. The van der Waals surface area contributed by atoms with Gasteiger partial charge in [0.25, 0.3) is 0 Å². The molecule has 134 valence electrons. The van der Waals surface area contributed by atoms with E-state index in [2.05, 4.69) is 32.1 Å². The number of halogens is 2. The average Bonchev–Trinajstić information content (AvgIpc) is 2.89. The Morgan fingerprint density at radius 2 is 1.96 bits per heavy atom. The SMILES string of the molecule is C[C@]12CC[C@H]3[C@@H](CC=C4C=CCC[C@@]43C)[C@@H]1CC[C@@H]2CCC(F)F. The Labute approximate surface area is 145 Å². The average molecular weight is 334 g/mol. The van der Waals surface area contributed by atoms with Gasteiger partial charge in [0.05, 0.1) is 0 Å². The van der Waals surface area contributed by atoms with Crippen LogP contribution in [0, 0.1) is 34.5 Å². The first-order valence-corrected chi connectivity index (χ1v) is 10.1. The van der Waals surface area contributed by atoms with Gasteiger partial charge in [0.15, 0.2) is 0 Å². The Kier molecular flexibility index (Phi) is 4.16. The van der Waals surface area contributed by atoms with Gasteiger partial charge in [-0.2, -0.15) is 0 Å². The summed E-state index contributed by atoms with van der Waals surface area (Å²) in [5.41, 5.74) is 2.29. The summed E-state index contributed by atoms with van der Waals surface area (Å²) in [4.78, 5) is 0. The fraction of sp³-hybridized carbons (Fsp3) is 0.818. The van der Waals surface area contributed by atoms with Crippen LogP contribution in [0.2, 0.25) is 0 Å². The van der Waals surface area contributed by atoms with Gasteiger partial charge in [-0.25, -0.2) is 8.78 Å². The van der Waals surface area contributed by atoms with Crippen molar-refractivity contribution in [2.45, 2.75) is 78.1 Å². The normalized spacial score (nSPS) is 47.1. The van der Waals surface area contributed by atoms with Crippen molar-refractivity contribution in [2.75, 3.05) is 0 Å². The van der Waals surface area contributed by atoms with Crippen molar-refractivity contribution >= 4 is 0 Å². The highest BCUT2D eigenvalue weighted by molar-refractivity contribution is 5.34. The lowest BCUT2D eigenvalue weighted by Crippen LogP contribution is -2.49. The topological polar surface area (TPSA) is 0 Å². The number of hydrogen-bond acceptors (Lipinski definition) is 0. The lowest BCUT2D eigenvalue weighted by molar-refractivity contribution is -0.0389. The summed E-state index contributed by atoms with van der Waals surface area (Å²) in [6, 6.07) is 0. The lowest BCUT2D eigenvalue weighted by Gasteiger charge is -2.57. The number of hydrogen-bond donors (Lipinski definition) is 0. The number of alkyl halides is 2. The molecule has 0 radical (unpaired) electrons. The van der Waals surface area contributed by atoms with Crippen LogP contribution in [0.1, 0.15) is 71.6 Å². The van der Waals surface area contributed by atoms with E-state index in [4.69, 9.17) is 0 Å². The van der Waals surface area contributed by atoms with Gasteiger partial charge in [0.1, 0.15) is 0 Å². The summed E-state index contributed by atoms with van der Waals surface area (Å²) < 4.78 is 25.5. The quantitative estimate of drug-likeness (QED) is 0.534. The van der Waals surface area contributed by atoms with Crippen LogP contribution in [0.25, 0.3) is 0 Å². The van der Waals surface area contributed by atoms with Crippen LogP contribution in [0.15, 0.2) is 23.8 Å². The van der Waals surface area contributed by atoms with Crippen LogP contribution in [0.5, 0.6) is 0 Å². The van der Waals surface area contributed by atoms with E-state index in [1.807, 2.05) is 0 Å². The molecule has 2 fully saturated rings. The molecular formula is C22H32F2. The van der Waals surface area contributed by atoms with Gasteiger partial charge in [-0.05, 0) is 91.4 Å². The summed E-state index contributed by atoms with van der Waals surface area (Å²) in [6.45, 7) is 4.95. The van der Waals surface area contributed by atoms with E-state index >= 15 is 0 Å². The smallest absolute Gasteiger partial charge is 0.211 e. The zero-order chi connectivity index (χ0) is 16.9. The molecule has 0 heterocycles. The van der Waals surface area contributed by atoms with Crippen molar-refractivity contribution in [3.8, 4) is 0 Å². The zero-order valence-electron chi connectivity index (χ0n) is 15.2.